The zero-order valence-corrected chi connectivity index (χ0v) is 23.7. The molecule has 1 heterocycles. The van der Waals surface area contributed by atoms with Crippen LogP contribution >= 0.6 is 0 Å². The van der Waals surface area contributed by atoms with Gasteiger partial charge in [-0.25, -0.2) is 0 Å². The van der Waals surface area contributed by atoms with Crippen molar-refractivity contribution in [1.82, 2.24) is 4.90 Å². The van der Waals surface area contributed by atoms with Crippen molar-refractivity contribution in [2.75, 3.05) is 36.8 Å². The van der Waals surface area contributed by atoms with Gasteiger partial charge in [-0.15, -0.1) is 0 Å². The van der Waals surface area contributed by atoms with Crippen molar-refractivity contribution in [2.45, 2.75) is 73.1 Å². The van der Waals surface area contributed by atoms with Gasteiger partial charge in [0.15, 0.2) is 0 Å². The Kier molecular flexibility index (Phi) is 8.71. The van der Waals surface area contributed by atoms with E-state index in [0.29, 0.717) is 0 Å². The molecule has 194 valence electrons. The zero-order valence-electron chi connectivity index (χ0n) is 23.7. The largest absolute Gasteiger partial charge is 0.398 e. The molecule has 3 rings (SSSR count). The summed E-state index contributed by atoms with van der Waals surface area (Å²) in [5.41, 5.74) is 18.1. The first-order valence-electron chi connectivity index (χ1n) is 13.3. The molecule has 36 heavy (non-hydrogen) atoms. The summed E-state index contributed by atoms with van der Waals surface area (Å²) in [4.78, 5) is 9.80. The van der Waals surface area contributed by atoms with Crippen LogP contribution < -0.4 is 10.6 Å². The van der Waals surface area contributed by atoms with Gasteiger partial charge in [-0.2, -0.15) is 0 Å². The van der Waals surface area contributed by atoms with Gasteiger partial charge >= 0.3 is 0 Å². The zero-order chi connectivity index (χ0) is 26.6. The summed E-state index contributed by atoms with van der Waals surface area (Å²) >= 11 is 0. The molecule has 0 amide bonds. The van der Waals surface area contributed by atoms with Crippen LogP contribution in [0.15, 0.2) is 59.9 Å². The predicted octanol–water partition coefficient (Wildman–Crippen LogP) is 7.18. The fraction of sp³-hybridized carbons (Fsp3) is 0.469. The first-order valence-corrected chi connectivity index (χ1v) is 13.3. The highest BCUT2D eigenvalue weighted by molar-refractivity contribution is 6.01. The van der Waals surface area contributed by atoms with Gasteiger partial charge in [-0.3, -0.25) is 4.99 Å². The van der Waals surface area contributed by atoms with Crippen LogP contribution in [-0.2, 0) is 11.8 Å². The highest BCUT2D eigenvalue weighted by atomic mass is 15.3. The van der Waals surface area contributed by atoms with Crippen LogP contribution in [0.2, 0.25) is 0 Å². The smallest absolute Gasteiger partial charge is 0.0451 e. The molecule has 4 nitrogen and oxygen atoms in total. The average molecular weight is 487 g/mol. The maximum absolute atomic E-state index is 6.36. The van der Waals surface area contributed by atoms with Crippen molar-refractivity contribution in [3.63, 3.8) is 0 Å². The van der Waals surface area contributed by atoms with Gasteiger partial charge in [0.1, 0.15) is 0 Å². The topological polar surface area (TPSA) is 44.9 Å². The molecular formula is C32H46N4. The van der Waals surface area contributed by atoms with Crippen LogP contribution in [0, 0.1) is 13.8 Å². The number of anilines is 2. The summed E-state index contributed by atoms with van der Waals surface area (Å²) < 4.78 is 0. The Hall–Kier alpha value is -3.01. The standard InChI is InChI=1S/C32H46N4/c1-22(2)35-16-18-36(19-17-35)31-21-28(23(3)20-24(31)4)26(6)34-25(5)12-10-13-27-29(32(7,8)9)14-11-15-30(27)33/h11,14-15,20-21H,1,5,10,12-13,16-19,33H2,2-4,6-9H3. The lowest BCUT2D eigenvalue weighted by Crippen LogP contribution is -2.45. The van der Waals surface area contributed by atoms with Crippen LogP contribution in [0.5, 0.6) is 0 Å². The minimum absolute atomic E-state index is 0.0777. The summed E-state index contributed by atoms with van der Waals surface area (Å²) in [5, 5.41) is 0. The van der Waals surface area contributed by atoms with Crippen molar-refractivity contribution in [2.24, 2.45) is 4.99 Å². The monoisotopic (exact) mass is 486 g/mol. The number of allylic oxidation sites excluding steroid dienone is 2. The Labute approximate surface area is 219 Å². The molecule has 2 aromatic rings. The second-order valence-electron chi connectivity index (χ2n) is 11.4. The lowest BCUT2D eigenvalue weighted by atomic mass is 9.82. The third-order valence-electron chi connectivity index (χ3n) is 7.33. The number of benzene rings is 2. The molecule has 0 spiro atoms. The van der Waals surface area contributed by atoms with Gasteiger partial charge in [-0.1, -0.05) is 52.1 Å². The first-order chi connectivity index (χ1) is 16.9. The summed E-state index contributed by atoms with van der Waals surface area (Å²) in [7, 11) is 0. The van der Waals surface area contributed by atoms with Crippen molar-refractivity contribution in [3.8, 4) is 0 Å². The van der Waals surface area contributed by atoms with Crippen LogP contribution in [0.25, 0.3) is 0 Å². The van der Waals surface area contributed by atoms with Gasteiger partial charge in [0.05, 0.1) is 0 Å². The molecule has 1 aliphatic heterocycles. The summed E-state index contributed by atoms with van der Waals surface area (Å²) in [5.74, 6) is 0. The van der Waals surface area contributed by atoms with E-state index in [2.05, 4.69) is 95.7 Å². The fourth-order valence-electron chi connectivity index (χ4n) is 5.31. The Morgan fingerprint density at radius 1 is 1.00 bits per heavy atom. The second kappa shape index (κ2) is 11.4. The van der Waals surface area contributed by atoms with E-state index in [0.717, 1.165) is 68.2 Å². The van der Waals surface area contributed by atoms with Crippen molar-refractivity contribution in [1.29, 1.82) is 0 Å². The van der Waals surface area contributed by atoms with E-state index in [-0.39, 0.29) is 5.41 Å². The van der Waals surface area contributed by atoms with Gasteiger partial charge in [0.2, 0.25) is 0 Å². The van der Waals surface area contributed by atoms with Gasteiger partial charge in [0, 0.05) is 60.2 Å². The molecule has 0 saturated carbocycles. The highest BCUT2D eigenvalue weighted by Gasteiger charge is 2.20. The Morgan fingerprint density at radius 2 is 1.67 bits per heavy atom. The predicted molar refractivity (Wildman–Crippen MR) is 158 cm³/mol. The van der Waals surface area contributed by atoms with Crippen molar-refractivity contribution >= 4 is 17.1 Å². The highest BCUT2D eigenvalue weighted by Crippen LogP contribution is 2.31. The molecule has 0 atom stereocenters. The third-order valence-corrected chi connectivity index (χ3v) is 7.33. The van der Waals surface area contributed by atoms with Gasteiger partial charge in [-0.05, 0) is 86.8 Å². The number of hydrogen-bond acceptors (Lipinski definition) is 4. The van der Waals surface area contributed by atoms with E-state index in [1.165, 1.54) is 33.5 Å². The van der Waals surface area contributed by atoms with E-state index >= 15 is 0 Å². The van der Waals surface area contributed by atoms with Crippen LogP contribution in [0.1, 0.15) is 75.3 Å². The molecule has 0 bridgehead atoms. The molecule has 0 aliphatic carbocycles. The molecular weight excluding hydrogens is 440 g/mol. The van der Waals surface area contributed by atoms with Gasteiger partial charge < -0.3 is 15.5 Å². The number of rotatable bonds is 8. The van der Waals surface area contributed by atoms with E-state index in [1.54, 1.807) is 0 Å². The summed E-state index contributed by atoms with van der Waals surface area (Å²) in [6, 6.07) is 10.9. The molecule has 1 aliphatic rings. The minimum Gasteiger partial charge on any atom is -0.398 e. The molecule has 0 unspecified atom stereocenters. The second-order valence-corrected chi connectivity index (χ2v) is 11.4. The van der Waals surface area contributed by atoms with Gasteiger partial charge in [0.25, 0.3) is 0 Å². The third kappa shape index (κ3) is 6.60. The Morgan fingerprint density at radius 3 is 2.28 bits per heavy atom. The van der Waals surface area contributed by atoms with Crippen molar-refractivity contribution < 1.29 is 0 Å². The molecule has 2 aromatic carbocycles. The first kappa shape index (κ1) is 27.6. The number of piperazine rings is 1. The number of nitrogens with zero attached hydrogens (tertiary/aromatic N) is 3. The minimum atomic E-state index is 0.0777. The maximum Gasteiger partial charge on any atom is 0.0451 e. The Bertz CT molecular complexity index is 1140. The van der Waals surface area contributed by atoms with Crippen molar-refractivity contribution in [3.05, 3.63) is 82.7 Å². The number of hydrogen-bond donors (Lipinski definition) is 1. The number of aliphatic imine (C=N–C) groups is 1. The van der Waals surface area contributed by atoms with Crippen LogP contribution in [0.4, 0.5) is 11.4 Å². The lowest BCUT2D eigenvalue weighted by Gasteiger charge is -2.38. The molecule has 1 fully saturated rings. The SMILES string of the molecule is C=C(CCCc1c(N)cccc1C(C)(C)C)N=C(C)c1cc(N2CCN(C(=C)C)CC2)c(C)cc1C. The Balaban J connectivity index is 1.70. The van der Waals surface area contributed by atoms with E-state index in [4.69, 9.17) is 10.7 Å². The number of aryl methyl sites for hydroxylation is 2. The summed E-state index contributed by atoms with van der Waals surface area (Å²) in [6.07, 6.45) is 2.78. The summed E-state index contributed by atoms with van der Waals surface area (Å²) in [6.45, 7) is 27.8. The van der Waals surface area contributed by atoms with E-state index in [9.17, 15) is 0 Å². The molecule has 1 saturated heterocycles. The maximum atomic E-state index is 6.36. The fourth-order valence-corrected chi connectivity index (χ4v) is 5.31. The molecule has 0 aromatic heterocycles. The normalized spacial score (nSPS) is 14.8. The van der Waals surface area contributed by atoms with E-state index < -0.39 is 0 Å². The molecule has 0 radical (unpaired) electrons. The molecule has 4 heteroatoms. The average Bonchev–Trinajstić information content (AvgIpc) is 2.79. The molecule has 2 N–H and O–H groups in total. The number of nitrogens with two attached hydrogens (primary N) is 1. The van der Waals surface area contributed by atoms with E-state index in [1.807, 2.05) is 6.07 Å². The van der Waals surface area contributed by atoms with Crippen LogP contribution in [-0.4, -0.2) is 36.8 Å². The number of nitrogen functional groups attached to an aromatic ring is 1. The lowest BCUT2D eigenvalue weighted by molar-refractivity contribution is 0.323. The van der Waals surface area contributed by atoms with Crippen LogP contribution in [0.3, 0.4) is 0 Å². The quantitative estimate of drug-likeness (QED) is 0.317.